The normalized spacial score (nSPS) is 10.5. The minimum atomic E-state index is -0.698. The predicted molar refractivity (Wildman–Crippen MR) is 101 cm³/mol. The average molecular weight is 395 g/mol. The van der Waals surface area contributed by atoms with Crippen LogP contribution < -0.4 is 10.2 Å². The van der Waals surface area contributed by atoms with Crippen molar-refractivity contribution < 1.29 is 22.8 Å². The molecule has 0 fully saturated rings. The minimum absolute atomic E-state index is 0.0549. The van der Waals surface area contributed by atoms with E-state index in [0.717, 1.165) is 18.1 Å². The predicted octanol–water partition coefficient (Wildman–Crippen LogP) is 4.24. The second kappa shape index (κ2) is 9.02. The van der Waals surface area contributed by atoms with Crippen molar-refractivity contribution in [3.8, 4) is 11.8 Å². The van der Waals surface area contributed by atoms with E-state index in [-0.39, 0.29) is 35.5 Å². The molecule has 0 saturated heterocycles. The number of unbranched alkanes of at least 4 members (excludes halogenated alkanes) is 1. The van der Waals surface area contributed by atoms with Gasteiger partial charge in [-0.15, -0.1) is 0 Å². The zero-order chi connectivity index (χ0) is 20.8. The number of ether oxygens (including phenoxy) is 1. The summed E-state index contributed by atoms with van der Waals surface area (Å²) in [6, 6.07) is 11.7. The lowest BCUT2D eigenvalue weighted by molar-refractivity contribution is 0.0971. The van der Waals surface area contributed by atoms with Crippen molar-refractivity contribution in [1.82, 2.24) is 0 Å². The van der Waals surface area contributed by atoms with E-state index >= 15 is 0 Å². The summed E-state index contributed by atoms with van der Waals surface area (Å²) in [5.74, 6) is -1.51. The highest BCUT2D eigenvalue weighted by atomic mass is 19.1. The summed E-state index contributed by atoms with van der Waals surface area (Å²) in [5.41, 5.74) is 0.201. The van der Waals surface area contributed by atoms with Gasteiger partial charge in [-0.2, -0.15) is 5.26 Å². The number of nitriles is 1. The van der Waals surface area contributed by atoms with Crippen molar-refractivity contribution >= 4 is 5.78 Å². The first-order chi connectivity index (χ1) is 14.0. The third-order valence-corrected chi connectivity index (χ3v) is 4.14. The maximum Gasteiger partial charge on any atom is 0.267 e. The second-order valence-corrected chi connectivity index (χ2v) is 6.35. The molecule has 29 heavy (non-hydrogen) atoms. The van der Waals surface area contributed by atoms with Gasteiger partial charge in [0.05, 0.1) is 6.61 Å². The topological polar surface area (TPSA) is 93.4 Å². The van der Waals surface area contributed by atoms with E-state index in [1.165, 1.54) is 18.2 Å². The molecule has 3 rings (SSSR count). The number of hydrogen-bond donors (Lipinski definition) is 0. The molecule has 2 heterocycles. The third kappa shape index (κ3) is 4.79. The zero-order valence-electron chi connectivity index (χ0n) is 15.7. The van der Waals surface area contributed by atoms with Crippen LogP contribution in [0.3, 0.4) is 0 Å². The van der Waals surface area contributed by atoms with Crippen LogP contribution in [-0.2, 0) is 6.42 Å². The molecule has 1 aromatic carbocycles. The Bertz CT molecular complexity index is 1110. The summed E-state index contributed by atoms with van der Waals surface area (Å²) in [4.78, 5) is 25.1. The van der Waals surface area contributed by atoms with E-state index in [1.54, 1.807) is 24.3 Å². The summed E-state index contributed by atoms with van der Waals surface area (Å²) in [6.45, 7) is 2.20. The van der Waals surface area contributed by atoms with Gasteiger partial charge < -0.3 is 13.6 Å². The Hall–Kier alpha value is -3.66. The minimum Gasteiger partial charge on any atom is -0.486 e. The zero-order valence-corrected chi connectivity index (χ0v) is 15.7. The van der Waals surface area contributed by atoms with Gasteiger partial charge in [0.15, 0.2) is 5.76 Å². The van der Waals surface area contributed by atoms with E-state index < -0.39 is 11.2 Å². The van der Waals surface area contributed by atoms with Crippen LogP contribution >= 0.6 is 0 Å². The van der Waals surface area contributed by atoms with Gasteiger partial charge in [-0.1, -0.05) is 25.5 Å². The van der Waals surface area contributed by atoms with E-state index in [4.69, 9.17) is 18.8 Å². The summed E-state index contributed by atoms with van der Waals surface area (Å²) in [6.07, 6.45) is 1.89. The molecule has 3 aromatic rings. The molecule has 6 nitrogen and oxygen atoms in total. The molecule has 7 heteroatoms. The number of halogens is 1. The molecule has 0 bridgehead atoms. The highest BCUT2D eigenvalue weighted by Crippen LogP contribution is 2.22. The maximum absolute atomic E-state index is 13.0. The van der Waals surface area contributed by atoms with Crippen molar-refractivity contribution in [3.63, 3.8) is 0 Å². The van der Waals surface area contributed by atoms with Gasteiger partial charge in [-0.25, -0.2) is 4.39 Å². The fraction of sp³-hybridized carbons (Fsp3) is 0.227. The molecule has 2 aromatic heterocycles. The first kappa shape index (κ1) is 20.1. The first-order valence-electron chi connectivity index (χ1n) is 9.10. The molecule has 0 radical (unpaired) electrons. The Balaban J connectivity index is 1.88. The quantitative estimate of drug-likeness (QED) is 0.418. The van der Waals surface area contributed by atoms with Gasteiger partial charge in [0.25, 0.3) is 5.78 Å². The maximum atomic E-state index is 13.0. The Morgan fingerprint density at radius 2 is 1.93 bits per heavy atom. The molecule has 0 N–H and O–H groups in total. The van der Waals surface area contributed by atoms with Gasteiger partial charge in [0, 0.05) is 12.5 Å². The van der Waals surface area contributed by atoms with Crippen LogP contribution in [0, 0.1) is 17.1 Å². The molecule has 0 unspecified atom stereocenters. The van der Waals surface area contributed by atoms with Crippen LogP contribution in [0.25, 0.3) is 0 Å². The fourth-order valence-electron chi connectivity index (χ4n) is 2.65. The van der Waals surface area contributed by atoms with E-state index in [9.17, 15) is 14.0 Å². The number of nitrogens with zero attached hydrogens (tertiary/aromatic N) is 1. The summed E-state index contributed by atoms with van der Waals surface area (Å²) in [5, 5.41) is 9.05. The van der Waals surface area contributed by atoms with Crippen molar-refractivity contribution in [1.29, 1.82) is 5.26 Å². The number of benzene rings is 1. The molecule has 0 atom stereocenters. The summed E-state index contributed by atoms with van der Waals surface area (Å²) in [7, 11) is 0. The molecule has 0 aliphatic carbocycles. The lowest BCUT2D eigenvalue weighted by Crippen LogP contribution is -2.15. The molecule has 0 saturated carbocycles. The molecular weight excluding hydrogens is 377 g/mol. The SMILES string of the molecule is CCCCOc1c(C(=O)c2ccc(Cc3ccc(F)cc3)o2)oc(C#N)cc1=O. The average Bonchev–Trinajstić information content (AvgIpc) is 3.18. The van der Waals surface area contributed by atoms with Crippen LogP contribution in [-0.4, -0.2) is 12.4 Å². The van der Waals surface area contributed by atoms with Gasteiger partial charge in [-0.3, -0.25) is 9.59 Å². The van der Waals surface area contributed by atoms with Crippen molar-refractivity contribution in [2.24, 2.45) is 0 Å². The molecule has 0 aliphatic heterocycles. The van der Waals surface area contributed by atoms with Crippen LogP contribution in [0.15, 0.2) is 56.1 Å². The van der Waals surface area contributed by atoms with Gasteiger partial charge in [-0.05, 0) is 36.2 Å². The fourth-order valence-corrected chi connectivity index (χ4v) is 2.65. The van der Waals surface area contributed by atoms with Crippen molar-refractivity contribution in [2.75, 3.05) is 6.61 Å². The van der Waals surface area contributed by atoms with Crippen LogP contribution in [0.5, 0.6) is 5.75 Å². The Morgan fingerprint density at radius 1 is 1.17 bits per heavy atom. The largest absolute Gasteiger partial charge is 0.486 e. The molecule has 0 amide bonds. The van der Waals surface area contributed by atoms with E-state index in [0.29, 0.717) is 18.6 Å². The van der Waals surface area contributed by atoms with Crippen molar-refractivity contribution in [2.45, 2.75) is 26.2 Å². The molecular formula is C22H18FNO5. The van der Waals surface area contributed by atoms with E-state index in [1.807, 2.05) is 6.92 Å². The first-order valence-corrected chi connectivity index (χ1v) is 9.10. The number of rotatable bonds is 8. The number of furan rings is 1. The Labute approximate surface area is 166 Å². The summed E-state index contributed by atoms with van der Waals surface area (Å²) >= 11 is 0. The van der Waals surface area contributed by atoms with Crippen molar-refractivity contribution in [3.05, 3.63) is 87.1 Å². The molecule has 148 valence electrons. The van der Waals surface area contributed by atoms with E-state index in [2.05, 4.69) is 0 Å². The summed E-state index contributed by atoms with van der Waals surface area (Å²) < 4.78 is 29.4. The highest BCUT2D eigenvalue weighted by Gasteiger charge is 2.25. The molecule has 0 aliphatic rings. The van der Waals surface area contributed by atoms with Gasteiger partial charge >= 0.3 is 0 Å². The number of carbonyl (C=O) groups excluding carboxylic acids is 1. The van der Waals surface area contributed by atoms with Crippen LogP contribution in [0.1, 0.15) is 53.2 Å². The lowest BCUT2D eigenvalue weighted by atomic mass is 10.1. The second-order valence-electron chi connectivity index (χ2n) is 6.35. The standard InChI is InChI=1S/C22H18FNO5/c1-2-3-10-27-21-18(25)12-17(13-24)29-22(21)20(26)19-9-8-16(28-19)11-14-4-6-15(23)7-5-14/h4-9,12H,2-3,10-11H2,1H3. The number of ketones is 1. The van der Waals surface area contributed by atoms with Gasteiger partial charge in [0.1, 0.15) is 17.6 Å². The smallest absolute Gasteiger partial charge is 0.267 e. The van der Waals surface area contributed by atoms with Gasteiger partial charge in [0.2, 0.25) is 22.7 Å². The highest BCUT2D eigenvalue weighted by molar-refractivity contribution is 6.06. The number of carbonyl (C=O) groups is 1. The third-order valence-electron chi connectivity index (χ3n) is 4.14. The Morgan fingerprint density at radius 3 is 2.62 bits per heavy atom. The van der Waals surface area contributed by atoms with Crippen LogP contribution in [0.4, 0.5) is 4.39 Å². The molecule has 0 spiro atoms. The number of hydrogen-bond acceptors (Lipinski definition) is 6. The Kier molecular flexibility index (Phi) is 6.25. The van der Waals surface area contributed by atoms with Crippen LogP contribution in [0.2, 0.25) is 0 Å². The lowest BCUT2D eigenvalue weighted by Gasteiger charge is -2.08. The monoisotopic (exact) mass is 395 g/mol.